The molecule has 1 heterocycles. The lowest BCUT2D eigenvalue weighted by molar-refractivity contribution is 1.30. The molecule has 0 atom stereocenters. The summed E-state index contributed by atoms with van der Waals surface area (Å²) < 4.78 is 0. The van der Waals surface area contributed by atoms with Crippen LogP contribution in [0.5, 0.6) is 0 Å². The van der Waals surface area contributed by atoms with Gasteiger partial charge in [-0.2, -0.15) is 0 Å². The standard InChI is InChI=1S/C10H11N3/c1-6-5-8-7(10(11)12)3-2-4-9(8)13-6/h2-5,13H,1H3,(H3,11,12). The Kier molecular flexibility index (Phi) is 1.59. The van der Waals surface area contributed by atoms with Gasteiger partial charge in [-0.25, -0.2) is 0 Å². The molecule has 0 aliphatic carbocycles. The lowest BCUT2D eigenvalue weighted by Gasteiger charge is -1.98. The maximum atomic E-state index is 7.39. The second-order valence-electron chi connectivity index (χ2n) is 3.13. The van der Waals surface area contributed by atoms with E-state index in [9.17, 15) is 0 Å². The fraction of sp³-hybridized carbons (Fsp3) is 0.100. The molecular formula is C10H11N3. The number of fused-ring (bicyclic) bond motifs is 1. The number of aryl methyl sites for hydroxylation is 1. The van der Waals surface area contributed by atoms with Gasteiger partial charge in [-0.1, -0.05) is 12.1 Å². The molecule has 0 bridgehead atoms. The van der Waals surface area contributed by atoms with Crippen molar-refractivity contribution in [2.45, 2.75) is 6.92 Å². The summed E-state index contributed by atoms with van der Waals surface area (Å²) in [4.78, 5) is 3.20. The number of aromatic amines is 1. The minimum atomic E-state index is 0.115. The highest BCUT2D eigenvalue weighted by molar-refractivity contribution is 6.07. The Morgan fingerprint density at radius 3 is 2.92 bits per heavy atom. The van der Waals surface area contributed by atoms with Gasteiger partial charge >= 0.3 is 0 Å². The number of nitrogens with one attached hydrogen (secondary N) is 2. The summed E-state index contributed by atoms with van der Waals surface area (Å²) in [6, 6.07) is 7.74. The molecule has 2 aromatic rings. The maximum Gasteiger partial charge on any atom is 0.123 e. The molecule has 0 fully saturated rings. The number of amidine groups is 1. The average Bonchev–Trinajstić information content (AvgIpc) is 2.43. The van der Waals surface area contributed by atoms with Crippen molar-refractivity contribution in [1.29, 1.82) is 5.41 Å². The van der Waals surface area contributed by atoms with Gasteiger partial charge in [-0.15, -0.1) is 0 Å². The summed E-state index contributed by atoms with van der Waals surface area (Å²) >= 11 is 0. The largest absolute Gasteiger partial charge is 0.384 e. The van der Waals surface area contributed by atoms with E-state index in [2.05, 4.69) is 4.98 Å². The lowest BCUT2D eigenvalue weighted by atomic mass is 10.1. The first kappa shape index (κ1) is 7.86. The maximum absolute atomic E-state index is 7.39. The number of H-pyrrole nitrogens is 1. The molecule has 1 aromatic heterocycles. The van der Waals surface area contributed by atoms with Crippen molar-refractivity contribution < 1.29 is 0 Å². The van der Waals surface area contributed by atoms with E-state index in [-0.39, 0.29) is 5.84 Å². The first-order chi connectivity index (χ1) is 6.18. The van der Waals surface area contributed by atoms with Gasteiger partial charge in [-0.05, 0) is 19.1 Å². The fourth-order valence-corrected chi connectivity index (χ4v) is 1.53. The normalized spacial score (nSPS) is 10.5. The number of aromatic nitrogens is 1. The van der Waals surface area contributed by atoms with E-state index in [0.29, 0.717) is 0 Å². The molecule has 0 spiro atoms. The number of nitrogen functional groups attached to an aromatic ring is 1. The van der Waals surface area contributed by atoms with Crippen LogP contribution in [0.25, 0.3) is 10.9 Å². The first-order valence-electron chi connectivity index (χ1n) is 4.11. The van der Waals surface area contributed by atoms with Crippen molar-refractivity contribution in [2.75, 3.05) is 0 Å². The van der Waals surface area contributed by atoms with Crippen molar-refractivity contribution in [3.05, 3.63) is 35.5 Å². The van der Waals surface area contributed by atoms with Crippen molar-refractivity contribution in [3.63, 3.8) is 0 Å². The predicted octanol–water partition coefficient (Wildman–Crippen LogP) is 1.76. The molecule has 3 nitrogen and oxygen atoms in total. The van der Waals surface area contributed by atoms with Gasteiger partial charge in [0.1, 0.15) is 5.84 Å². The highest BCUT2D eigenvalue weighted by Gasteiger charge is 2.04. The number of benzene rings is 1. The molecule has 66 valence electrons. The number of nitrogens with two attached hydrogens (primary N) is 1. The van der Waals surface area contributed by atoms with Crippen molar-refractivity contribution in [2.24, 2.45) is 5.73 Å². The zero-order valence-electron chi connectivity index (χ0n) is 7.39. The highest BCUT2D eigenvalue weighted by atomic mass is 14.7. The third-order valence-corrected chi connectivity index (χ3v) is 2.09. The van der Waals surface area contributed by atoms with Crippen LogP contribution in [0.15, 0.2) is 24.3 Å². The molecule has 1 aromatic carbocycles. The summed E-state index contributed by atoms with van der Waals surface area (Å²) in [7, 11) is 0. The van der Waals surface area contributed by atoms with E-state index < -0.39 is 0 Å². The van der Waals surface area contributed by atoms with Crippen LogP contribution in [-0.2, 0) is 0 Å². The van der Waals surface area contributed by atoms with Crippen LogP contribution in [0.2, 0.25) is 0 Å². The van der Waals surface area contributed by atoms with Crippen LogP contribution in [-0.4, -0.2) is 10.8 Å². The van der Waals surface area contributed by atoms with E-state index in [4.69, 9.17) is 11.1 Å². The van der Waals surface area contributed by atoms with E-state index in [1.165, 1.54) is 0 Å². The third kappa shape index (κ3) is 1.18. The molecule has 0 radical (unpaired) electrons. The molecule has 0 unspecified atom stereocenters. The molecule has 0 aliphatic rings. The van der Waals surface area contributed by atoms with Crippen LogP contribution in [0, 0.1) is 12.3 Å². The van der Waals surface area contributed by atoms with Crippen LogP contribution < -0.4 is 5.73 Å². The van der Waals surface area contributed by atoms with Crippen molar-refractivity contribution >= 4 is 16.7 Å². The molecule has 0 amide bonds. The summed E-state index contributed by atoms with van der Waals surface area (Å²) in [6.45, 7) is 1.99. The topological polar surface area (TPSA) is 65.7 Å². The van der Waals surface area contributed by atoms with E-state index in [0.717, 1.165) is 22.2 Å². The average molecular weight is 173 g/mol. The third-order valence-electron chi connectivity index (χ3n) is 2.09. The van der Waals surface area contributed by atoms with Gasteiger partial charge < -0.3 is 10.7 Å². The molecule has 4 N–H and O–H groups in total. The summed E-state index contributed by atoms with van der Waals surface area (Å²) in [6.07, 6.45) is 0. The Hall–Kier alpha value is -1.77. The zero-order valence-corrected chi connectivity index (χ0v) is 7.39. The van der Waals surface area contributed by atoms with E-state index >= 15 is 0 Å². The summed E-state index contributed by atoms with van der Waals surface area (Å²) in [5, 5.41) is 8.41. The highest BCUT2D eigenvalue weighted by Crippen LogP contribution is 2.18. The van der Waals surface area contributed by atoms with E-state index in [1.54, 1.807) is 0 Å². The Morgan fingerprint density at radius 2 is 2.23 bits per heavy atom. The SMILES string of the molecule is Cc1cc2c(C(=N)N)cccc2[nH]1. The Labute approximate surface area is 76.1 Å². The van der Waals surface area contributed by atoms with E-state index in [1.807, 2.05) is 31.2 Å². The lowest BCUT2D eigenvalue weighted by Crippen LogP contribution is -2.10. The second-order valence-corrected chi connectivity index (χ2v) is 3.13. The number of hydrogen-bond acceptors (Lipinski definition) is 1. The van der Waals surface area contributed by atoms with Gasteiger partial charge in [0.2, 0.25) is 0 Å². The first-order valence-corrected chi connectivity index (χ1v) is 4.11. The zero-order chi connectivity index (χ0) is 9.42. The van der Waals surface area contributed by atoms with Crippen molar-refractivity contribution in [1.82, 2.24) is 4.98 Å². The minimum absolute atomic E-state index is 0.115. The fourth-order valence-electron chi connectivity index (χ4n) is 1.53. The van der Waals surface area contributed by atoms with Gasteiger partial charge in [0.15, 0.2) is 0 Å². The molecule has 13 heavy (non-hydrogen) atoms. The number of hydrogen-bond donors (Lipinski definition) is 3. The summed E-state index contributed by atoms with van der Waals surface area (Å²) in [5.74, 6) is 0.115. The molecule has 0 saturated heterocycles. The molecule has 0 saturated carbocycles. The minimum Gasteiger partial charge on any atom is -0.384 e. The molecule has 3 heteroatoms. The Morgan fingerprint density at radius 1 is 1.46 bits per heavy atom. The second kappa shape index (κ2) is 2.62. The number of rotatable bonds is 1. The van der Waals surface area contributed by atoms with Crippen LogP contribution in [0.4, 0.5) is 0 Å². The smallest absolute Gasteiger partial charge is 0.123 e. The monoisotopic (exact) mass is 173 g/mol. The van der Waals surface area contributed by atoms with Gasteiger partial charge in [0, 0.05) is 22.2 Å². The Balaban J connectivity index is 2.82. The Bertz CT molecular complexity index is 468. The predicted molar refractivity (Wildman–Crippen MR) is 54.1 cm³/mol. The quantitative estimate of drug-likeness (QED) is 0.446. The summed E-state index contributed by atoms with van der Waals surface area (Å²) in [5.41, 5.74) is 8.37. The molecule has 2 rings (SSSR count). The van der Waals surface area contributed by atoms with Gasteiger partial charge in [0.25, 0.3) is 0 Å². The van der Waals surface area contributed by atoms with Crippen molar-refractivity contribution in [3.8, 4) is 0 Å². The van der Waals surface area contributed by atoms with Crippen LogP contribution in [0.1, 0.15) is 11.3 Å². The van der Waals surface area contributed by atoms with Crippen LogP contribution >= 0.6 is 0 Å². The van der Waals surface area contributed by atoms with Crippen LogP contribution in [0.3, 0.4) is 0 Å². The van der Waals surface area contributed by atoms with Gasteiger partial charge in [0.05, 0.1) is 0 Å². The van der Waals surface area contributed by atoms with Gasteiger partial charge in [-0.3, -0.25) is 5.41 Å². The molecule has 0 aliphatic heterocycles. The molecular weight excluding hydrogens is 162 g/mol.